The fourth-order valence-corrected chi connectivity index (χ4v) is 2.06. The van der Waals surface area contributed by atoms with E-state index < -0.39 is 0 Å². The zero-order valence-electron chi connectivity index (χ0n) is 8.29. The van der Waals surface area contributed by atoms with Crippen LogP contribution in [0.1, 0.15) is 31.2 Å². The third-order valence-corrected chi connectivity index (χ3v) is 2.84. The molecule has 1 N–H and O–H groups in total. The van der Waals surface area contributed by atoms with Gasteiger partial charge in [-0.2, -0.15) is 0 Å². The lowest BCUT2D eigenvalue weighted by molar-refractivity contribution is 0.524. The zero-order chi connectivity index (χ0) is 9.10. The molecule has 1 aromatic heterocycles. The van der Waals surface area contributed by atoms with Crippen LogP contribution < -0.4 is 5.32 Å². The molecule has 13 heavy (non-hydrogen) atoms. The summed E-state index contributed by atoms with van der Waals surface area (Å²) in [5, 5.41) is 3.60. The maximum atomic E-state index is 3.60. The van der Waals surface area contributed by atoms with Crippen molar-refractivity contribution in [3.63, 3.8) is 0 Å². The van der Waals surface area contributed by atoms with Crippen LogP contribution in [0.4, 0.5) is 0 Å². The highest BCUT2D eigenvalue weighted by molar-refractivity contribution is 5.09. The molecule has 1 heterocycles. The van der Waals surface area contributed by atoms with Crippen LogP contribution in [0.15, 0.2) is 18.5 Å². The lowest BCUT2D eigenvalue weighted by Crippen LogP contribution is -2.24. The molecule has 0 amide bonds. The largest absolute Gasteiger partial charge is 0.357 e. The van der Waals surface area contributed by atoms with Crippen molar-refractivity contribution in [3.8, 4) is 0 Å². The summed E-state index contributed by atoms with van der Waals surface area (Å²) < 4.78 is 2.10. The molecule has 1 aromatic rings. The Kier molecular flexibility index (Phi) is 2.69. The van der Waals surface area contributed by atoms with Crippen molar-refractivity contribution in [3.05, 3.63) is 24.0 Å². The smallest absolute Gasteiger partial charge is 0.0223 e. The summed E-state index contributed by atoms with van der Waals surface area (Å²) in [6.45, 7) is 1.03. The van der Waals surface area contributed by atoms with Crippen molar-refractivity contribution in [1.29, 1.82) is 0 Å². The van der Waals surface area contributed by atoms with Crippen molar-refractivity contribution < 1.29 is 0 Å². The van der Waals surface area contributed by atoms with Crippen LogP contribution in [0.2, 0.25) is 0 Å². The number of rotatable bonds is 3. The lowest BCUT2D eigenvalue weighted by atomic mass is 10.2. The monoisotopic (exact) mass is 178 g/mol. The Hall–Kier alpha value is -0.760. The maximum absolute atomic E-state index is 3.60. The number of aromatic nitrogens is 1. The van der Waals surface area contributed by atoms with Crippen molar-refractivity contribution in [2.24, 2.45) is 7.05 Å². The second-order valence-corrected chi connectivity index (χ2v) is 4.05. The van der Waals surface area contributed by atoms with E-state index in [1.165, 1.54) is 31.2 Å². The molecule has 0 aromatic carbocycles. The van der Waals surface area contributed by atoms with Gasteiger partial charge >= 0.3 is 0 Å². The quantitative estimate of drug-likeness (QED) is 0.749. The number of aryl methyl sites for hydroxylation is 1. The fourth-order valence-electron chi connectivity index (χ4n) is 2.06. The van der Waals surface area contributed by atoms with Crippen molar-refractivity contribution in [2.75, 3.05) is 0 Å². The van der Waals surface area contributed by atoms with Crippen LogP contribution >= 0.6 is 0 Å². The molecule has 0 atom stereocenters. The summed E-state index contributed by atoms with van der Waals surface area (Å²) in [7, 11) is 2.07. The molecular weight excluding hydrogens is 160 g/mol. The van der Waals surface area contributed by atoms with Crippen molar-refractivity contribution in [1.82, 2.24) is 9.88 Å². The van der Waals surface area contributed by atoms with E-state index in [0.717, 1.165) is 12.6 Å². The normalized spacial score (nSPS) is 18.2. The van der Waals surface area contributed by atoms with Crippen molar-refractivity contribution >= 4 is 0 Å². The van der Waals surface area contributed by atoms with Gasteiger partial charge in [-0.05, 0) is 24.5 Å². The van der Waals surface area contributed by atoms with Crippen LogP contribution in [0.25, 0.3) is 0 Å². The third kappa shape index (κ3) is 2.34. The van der Waals surface area contributed by atoms with Gasteiger partial charge in [-0.25, -0.2) is 0 Å². The number of hydrogen-bond donors (Lipinski definition) is 1. The summed E-state index contributed by atoms with van der Waals surface area (Å²) in [6, 6.07) is 2.96. The lowest BCUT2D eigenvalue weighted by Gasteiger charge is -2.10. The van der Waals surface area contributed by atoms with Gasteiger partial charge in [0.25, 0.3) is 0 Å². The second-order valence-electron chi connectivity index (χ2n) is 4.05. The standard InChI is InChI=1S/C11H18N2/c1-13-7-6-10(9-13)8-12-11-4-2-3-5-11/h6-7,9,11-12H,2-5,8H2,1H3. The SMILES string of the molecule is Cn1ccc(CNC2CCCC2)c1. The molecule has 0 radical (unpaired) electrons. The van der Waals surface area contributed by atoms with Crippen LogP contribution in [0.5, 0.6) is 0 Å². The molecule has 2 nitrogen and oxygen atoms in total. The van der Waals surface area contributed by atoms with Crippen LogP contribution in [0.3, 0.4) is 0 Å². The highest BCUT2D eigenvalue weighted by atomic mass is 14.9. The van der Waals surface area contributed by atoms with E-state index in [9.17, 15) is 0 Å². The van der Waals surface area contributed by atoms with E-state index in [1.54, 1.807) is 0 Å². The minimum atomic E-state index is 0.778. The molecule has 1 saturated carbocycles. The maximum Gasteiger partial charge on any atom is 0.0223 e. The van der Waals surface area contributed by atoms with E-state index in [4.69, 9.17) is 0 Å². The minimum absolute atomic E-state index is 0.778. The Bertz CT molecular complexity index is 259. The summed E-state index contributed by atoms with van der Waals surface area (Å²) in [4.78, 5) is 0. The van der Waals surface area contributed by atoms with E-state index in [1.807, 2.05) is 0 Å². The van der Waals surface area contributed by atoms with Gasteiger partial charge < -0.3 is 9.88 Å². The molecule has 0 aliphatic heterocycles. The first-order valence-corrected chi connectivity index (χ1v) is 5.19. The molecule has 1 aliphatic rings. The molecule has 72 valence electrons. The summed E-state index contributed by atoms with van der Waals surface area (Å²) in [5.74, 6) is 0. The molecule has 0 saturated heterocycles. The molecule has 1 aliphatic carbocycles. The summed E-state index contributed by atoms with van der Waals surface area (Å²) in [6.07, 6.45) is 9.84. The Morgan fingerprint density at radius 2 is 2.23 bits per heavy atom. The molecule has 1 fully saturated rings. The van der Waals surface area contributed by atoms with E-state index in [-0.39, 0.29) is 0 Å². The average Bonchev–Trinajstić information content (AvgIpc) is 2.71. The Morgan fingerprint density at radius 1 is 1.46 bits per heavy atom. The fraction of sp³-hybridized carbons (Fsp3) is 0.636. The predicted molar refractivity (Wildman–Crippen MR) is 54.5 cm³/mol. The first-order valence-electron chi connectivity index (χ1n) is 5.19. The van der Waals surface area contributed by atoms with Gasteiger partial charge in [-0.15, -0.1) is 0 Å². The minimum Gasteiger partial charge on any atom is -0.357 e. The van der Waals surface area contributed by atoms with E-state index in [2.05, 4.69) is 35.4 Å². The Morgan fingerprint density at radius 3 is 2.85 bits per heavy atom. The van der Waals surface area contributed by atoms with Crippen LogP contribution in [-0.4, -0.2) is 10.6 Å². The van der Waals surface area contributed by atoms with E-state index in [0.29, 0.717) is 0 Å². The van der Waals surface area contributed by atoms with Gasteiger partial charge in [0, 0.05) is 32.0 Å². The average molecular weight is 178 g/mol. The molecule has 0 bridgehead atoms. The summed E-state index contributed by atoms with van der Waals surface area (Å²) in [5.41, 5.74) is 1.40. The second kappa shape index (κ2) is 3.97. The molecular formula is C11H18N2. The highest BCUT2D eigenvalue weighted by Crippen LogP contribution is 2.17. The summed E-state index contributed by atoms with van der Waals surface area (Å²) >= 11 is 0. The first kappa shape index (κ1) is 8.82. The van der Waals surface area contributed by atoms with Gasteiger partial charge in [0.05, 0.1) is 0 Å². The van der Waals surface area contributed by atoms with Gasteiger partial charge in [-0.1, -0.05) is 12.8 Å². The van der Waals surface area contributed by atoms with Gasteiger partial charge in [0.15, 0.2) is 0 Å². The Labute approximate surface area is 79.9 Å². The number of hydrogen-bond acceptors (Lipinski definition) is 1. The molecule has 2 rings (SSSR count). The predicted octanol–water partition coefficient (Wildman–Crippen LogP) is 2.06. The first-order chi connectivity index (χ1) is 6.34. The van der Waals surface area contributed by atoms with E-state index >= 15 is 0 Å². The van der Waals surface area contributed by atoms with Gasteiger partial charge in [0.1, 0.15) is 0 Å². The topological polar surface area (TPSA) is 17.0 Å². The van der Waals surface area contributed by atoms with Crippen molar-refractivity contribution in [2.45, 2.75) is 38.3 Å². The molecule has 0 spiro atoms. The number of nitrogens with one attached hydrogen (secondary N) is 1. The van der Waals surface area contributed by atoms with Crippen LogP contribution in [-0.2, 0) is 13.6 Å². The van der Waals surface area contributed by atoms with Gasteiger partial charge in [0.2, 0.25) is 0 Å². The van der Waals surface area contributed by atoms with Crippen LogP contribution in [0, 0.1) is 0 Å². The zero-order valence-corrected chi connectivity index (χ0v) is 8.29. The molecule has 0 unspecified atom stereocenters. The highest BCUT2D eigenvalue weighted by Gasteiger charge is 2.13. The third-order valence-electron chi connectivity index (χ3n) is 2.84. The molecule has 2 heteroatoms. The Balaban J connectivity index is 1.78. The number of nitrogens with zero attached hydrogens (tertiary/aromatic N) is 1. The van der Waals surface area contributed by atoms with Gasteiger partial charge in [-0.3, -0.25) is 0 Å².